The zero-order chi connectivity index (χ0) is 8.81. The second-order valence-electron chi connectivity index (χ2n) is 2.97. The standard InChI is InChI=1S/C8H16ClNO2/c1-11-7-8(9)6-10-2-4-12-5-3-10/h8H,2-7H2,1H3. The van der Waals surface area contributed by atoms with E-state index < -0.39 is 0 Å². The topological polar surface area (TPSA) is 21.7 Å². The van der Waals surface area contributed by atoms with Crippen LogP contribution in [0, 0.1) is 0 Å². The molecule has 72 valence electrons. The summed E-state index contributed by atoms with van der Waals surface area (Å²) in [5.41, 5.74) is 0. The van der Waals surface area contributed by atoms with E-state index in [1.54, 1.807) is 7.11 Å². The second kappa shape index (κ2) is 5.75. The van der Waals surface area contributed by atoms with Crippen LogP contribution in [-0.4, -0.2) is 56.8 Å². The summed E-state index contributed by atoms with van der Waals surface area (Å²) < 4.78 is 10.2. The van der Waals surface area contributed by atoms with Crippen molar-refractivity contribution in [1.82, 2.24) is 4.90 Å². The molecule has 0 bridgehead atoms. The predicted octanol–water partition coefficient (Wildman–Crippen LogP) is 0.572. The van der Waals surface area contributed by atoms with Gasteiger partial charge in [0.15, 0.2) is 0 Å². The Morgan fingerprint density at radius 2 is 2.17 bits per heavy atom. The summed E-state index contributed by atoms with van der Waals surface area (Å²) >= 11 is 6.01. The molecule has 1 aliphatic heterocycles. The van der Waals surface area contributed by atoms with Crippen molar-refractivity contribution in [3.8, 4) is 0 Å². The SMILES string of the molecule is COCC(Cl)CN1CCOCC1. The van der Waals surface area contributed by atoms with Crippen LogP contribution in [0.2, 0.25) is 0 Å². The third kappa shape index (κ3) is 3.72. The van der Waals surface area contributed by atoms with Crippen molar-refractivity contribution >= 4 is 11.6 Å². The fourth-order valence-electron chi connectivity index (χ4n) is 1.30. The van der Waals surface area contributed by atoms with Crippen molar-refractivity contribution < 1.29 is 9.47 Å². The Kier molecular flexibility index (Phi) is 4.92. The molecule has 4 heteroatoms. The van der Waals surface area contributed by atoms with Crippen LogP contribution < -0.4 is 0 Å². The van der Waals surface area contributed by atoms with E-state index in [0.29, 0.717) is 6.61 Å². The molecule has 1 aliphatic rings. The average molecular weight is 194 g/mol. The lowest BCUT2D eigenvalue weighted by molar-refractivity contribution is 0.0347. The van der Waals surface area contributed by atoms with E-state index in [1.807, 2.05) is 0 Å². The molecule has 1 unspecified atom stereocenters. The molecular weight excluding hydrogens is 178 g/mol. The van der Waals surface area contributed by atoms with Crippen molar-refractivity contribution in [3.05, 3.63) is 0 Å². The Morgan fingerprint density at radius 3 is 2.75 bits per heavy atom. The van der Waals surface area contributed by atoms with Crippen molar-refractivity contribution in [2.45, 2.75) is 5.38 Å². The monoisotopic (exact) mass is 193 g/mol. The summed E-state index contributed by atoms with van der Waals surface area (Å²) in [5, 5.41) is 0.105. The molecule has 3 nitrogen and oxygen atoms in total. The first-order valence-corrected chi connectivity index (χ1v) is 4.69. The van der Waals surface area contributed by atoms with Gasteiger partial charge >= 0.3 is 0 Å². The van der Waals surface area contributed by atoms with Crippen LogP contribution >= 0.6 is 11.6 Å². The highest BCUT2D eigenvalue weighted by atomic mass is 35.5. The normalized spacial score (nSPS) is 22.5. The van der Waals surface area contributed by atoms with Crippen LogP contribution in [0.25, 0.3) is 0 Å². The molecule has 0 aliphatic carbocycles. The Hall–Kier alpha value is 0.170. The molecule has 0 aromatic heterocycles. The number of nitrogens with zero attached hydrogens (tertiary/aromatic N) is 1. The van der Waals surface area contributed by atoms with E-state index in [9.17, 15) is 0 Å². The molecule has 0 aromatic rings. The highest BCUT2D eigenvalue weighted by Crippen LogP contribution is 2.03. The number of hydrogen-bond acceptors (Lipinski definition) is 3. The van der Waals surface area contributed by atoms with Crippen molar-refractivity contribution in [2.75, 3.05) is 46.6 Å². The van der Waals surface area contributed by atoms with E-state index in [0.717, 1.165) is 32.8 Å². The number of methoxy groups -OCH3 is 1. The number of halogens is 1. The van der Waals surface area contributed by atoms with Crippen molar-refractivity contribution in [3.63, 3.8) is 0 Å². The first-order chi connectivity index (χ1) is 5.83. The third-order valence-electron chi connectivity index (χ3n) is 1.91. The molecule has 0 N–H and O–H groups in total. The van der Waals surface area contributed by atoms with Crippen LogP contribution in [0.5, 0.6) is 0 Å². The Labute approximate surface area is 78.6 Å². The van der Waals surface area contributed by atoms with Gasteiger partial charge in [0, 0.05) is 26.7 Å². The number of rotatable bonds is 4. The molecule has 0 saturated carbocycles. The number of morpholine rings is 1. The zero-order valence-corrected chi connectivity index (χ0v) is 8.22. The van der Waals surface area contributed by atoms with Crippen LogP contribution in [0.1, 0.15) is 0 Å². The number of ether oxygens (including phenoxy) is 2. The maximum Gasteiger partial charge on any atom is 0.0696 e. The van der Waals surface area contributed by atoms with Gasteiger partial charge < -0.3 is 9.47 Å². The quantitative estimate of drug-likeness (QED) is 0.610. The lowest BCUT2D eigenvalue weighted by Crippen LogP contribution is -2.40. The minimum absolute atomic E-state index is 0.105. The smallest absolute Gasteiger partial charge is 0.0696 e. The van der Waals surface area contributed by atoms with E-state index >= 15 is 0 Å². The van der Waals surface area contributed by atoms with E-state index in [2.05, 4.69) is 4.90 Å². The van der Waals surface area contributed by atoms with Gasteiger partial charge in [-0.2, -0.15) is 0 Å². The van der Waals surface area contributed by atoms with Crippen LogP contribution in [0.3, 0.4) is 0 Å². The summed E-state index contributed by atoms with van der Waals surface area (Å²) in [6, 6.07) is 0. The fourth-order valence-corrected chi connectivity index (χ4v) is 1.62. The molecule has 1 heterocycles. The van der Waals surface area contributed by atoms with Gasteiger partial charge in [0.1, 0.15) is 0 Å². The lowest BCUT2D eigenvalue weighted by Gasteiger charge is -2.28. The Balaban J connectivity index is 2.11. The second-order valence-corrected chi connectivity index (χ2v) is 3.58. The maximum atomic E-state index is 6.01. The summed E-state index contributed by atoms with van der Waals surface area (Å²) in [5.74, 6) is 0. The highest BCUT2D eigenvalue weighted by Gasteiger charge is 2.14. The van der Waals surface area contributed by atoms with Gasteiger partial charge in [-0.05, 0) is 0 Å². The molecule has 1 atom stereocenters. The molecule has 0 spiro atoms. The molecule has 1 rings (SSSR count). The molecule has 12 heavy (non-hydrogen) atoms. The summed E-state index contributed by atoms with van der Waals surface area (Å²) in [7, 11) is 1.68. The average Bonchev–Trinajstić information content (AvgIpc) is 2.06. The Bertz CT molecular complexity index is 118. The van der Waals surface area contributed by atoms with Gasteiger partial charge in [0.05, 0.1) is 25.2 Å². The molecule has 1 saturated heterocycles. The van der Waals surface area contributed by atoms with Gasteiger partial charge in [0.2, 0.25) is 0 Å². The molecule has 0 aromatic carbocycles. The highest BCUT2D eigenvalue weighted by molar-refractivity contribution is 6.20. The molecular formula is C8H16ClNO2. The van der Waals surface area contributed by atoms with Gasteiger partial charge in [-0.25, -0.2) is 0 Å². The summed E-state index contributed by atoms with van der Waals surface area (Å²) in [6.45, 7) is 5.17. The number of hydrogen-bond donors (Lipinski definition) is 0. The van der Waals surface area contributed by atoms with Crippen LogP contribution in [-0.2, 0) is 9.47 Å². The van der Waals surface area contributed by atoms with Gasteiger partial charge in [-0.3, -0.25) is 4.90 Å². The fraction of sp³-hybridized carbons (Fsp3) is 1.00. The van der Waals surface area contributed by atoms with Gasteiger partial charge in [-0.15, -0.1) is 11.6 Å². The minimum atomic E-state index is 0.105. The minimum Gasteiger partial charge on any atom is -0.383 e. The lowest BCUT2D eigenvalue weighted by atomic mass is 10.3. The van der Waals surface area contributed by atoms with Crippen LogP contribution in [0.4, 0.5) is 0 Å². The molecule has 0 amide bonds. The van der Waals surface area contributed by atoms with E-state index in [-0.39, 0.29) is 5.38 Å². The first kappa shape index (κ1) is 10.3. The largest absolute Gasteiger partial charge is 0.383 e. The van der Waals surface area contributed by atoms with Crippen molar-refractivity contribution in [2.24, 2.45) is 0 Å². The summed E-state index contributed by atoms with van der Waals surface area (Å²) in [4.78, 5) is 2.31. The maximum absolute atomic E-state index is 6.01. The van der Waals surface area contributed by atoms with E-state index in [4.69, 9.17) is 21.1 Å². The third-order valence-corrected chi connectivity index (χ3v) is 2.17. The first-order valence-electron chi connectivity index (χ1n) is 4.26. The van der Waals surface area contributed by atoms with Gasteiger partial charge in [0.25, 0.3) is 0 Å². The zero-order valence-electron chi connectivity index (χ0n) is 7.46. The van der Waals surface area contributed by atoms with E-state index in [1.165, 1.54) is 0 Å². The molecule has 0 radical (unpaired) electrons. The Morgan fingerprint density at radius 1 is 1.50 bits per heavy atom. The van der Waals surface area contributed by atoms with Crippen LogP contribution in [0.15, 0.2) is 0 Å². The molecule has 1 fully saturated rings. The summed E-state index contributed by atoms with van der Waals surface area (Å²) in [6.07, 6.45) is 0. The predicted molar refractivity (Wildman–Crippen MR) is 48.8 cm³/mol. The van der Waals surface area contributed by atoms with Crippen molar-refractivity contribution in [1.29, 1.82) is 0 Å². The van der Waals surface area contributed by atoms with Gasteiger partial charge in [-0.1, -0.05) is 0 Å². The number of alkyl halides is 1.